The quantitative estimate of drug-likeness (QED) is 0.486. The van der Waals surface area contributed by atoms with Crippen LogP contribution >= 0.6 is 15.9 Å². The van der Waals surface area contributed by atoms with Gasteiger partial charge in [0, 0.05) is 23.6 Å². The standard InChI is InChI=1S/C21H18BrN5O2/c22-16-6-7-19-18(10-16)21(29)26(14-23-19)9-8-20(28)25-17-11-24-27(13-17)12-15-4-2-1-3-5-15/h1-7,10-11,13-14H,8-9,12H2,(H,25,28). The Labute approximate surface area is 175 Å². The van der Waals surface area contributed by atoms with E-state index in [9.17, 15) is 9.59 Å². The first kappa shape index (κ1) is 19.1. The van der Waals surface area contributed by atoms with Crippen LogP contribution in [0.1, 0.15) is 12.0 Å². The van der Waals surface area contributed by atoms with Crippen molar-refractivity contribution in [3.63, 3.8) is 0 Å². The van der Waals surface area contributed by atoms with Gasteiger partial charge in [0.2, 0.25) is 5.91 Å². The number of hydrogen-bond acceptors (Lipinski definition) is 4. The number of nitrogens with zero attached hydrogens (tertiary/aromatic N) is 4. The molecule has 0 radical (unpaired) electrons. The Balaban J connectivity index is 1.38. The van der Waals surface area contributed by atoms with Gasteiger partial charge in [-0.3, -0.25) is 18.8 Å². The molecule has 1 N–H and O–H groups in total. The summed E-state index contributed by atoms with van der Waals surface area (Å²) in [6.45, 7) is 0.878. The minimum Gasteiger partial charge on any atom is -0.323 e. The molecule has 0 unspecified atom stereocenters. The van der Waals surface area contributed by atoms with Gasteiger partial charge in [-0.05, 0) is 23.8 Å². The number of halogens is 1. The molecule has 0 fully saturated rings. The second-order valence-corrected chi connectivity index (χ2v) is 7.53. The maximum absolute atomic E-state index is 12.6. The van der Waals surface area contributed by atoms with E-state index in [1.165, 1.54) is 10.9 Å². The van der Waals surface area contributed by atoms with Gasteiger partial charge >= 0.3 is 0 Å². The van der Waals surface area contributed by atoms with Crippen LogP contribution in [0.15, 0.2) is 76.5 Å². The second-order valence-electron chi connectivity index (χ2n) is 6.61. The van der Waals surface area contributed by atoms with Crippen molar-refractivity contribution >= 4 is 38.4 Å². The van der Waals surface area contributed by atoms with E-state index in [1.54, 1.807) is 29.2 Å². The molecule has 1 amide bonds. The van der Waals surface area contributed by atoms with Gasteiger partial charge < -0.3 is 5.32 Å². The summed E-state index contributed by atoms with van der Waals surface area (Å²) in [4.78, 5) is 29.2. The number of nitrogens with one attached hydrogen (secondary N) is 1. The predicted molar refractivity (Wildman–Crippen MR) is 115 cm³/mol. The summed E-state index contributed by atoms with van der Waals surface area (Å²) in [5.41, 5.74) is 2.21. The van der Waals surface area contributed by atoms with Crippen molar-refractivity contribution in [2.75, 3.05) is 5.32 Å². The molecule has 0 atom stereocenters. The molecule has 0 aliphatic heterocycles. The van der Waals surface area contributed by atoms with Crippen LogP contribution in [-0.4, -0.2) is 25.2 Å². The van der Waals surface area contributed by atoms with Crippen LogP contribution in [0.3, 0.4) is 0 Å². The number of fused-ring (bicyclic) bond motifs is 1. The highest BCUT2D eigenvalue weighted by Gasteiger charge is 2.09. The predicted octanol–water partition coefficient (Wildman–Crippen LogP) is 3.43. The van der Waals surface area contributed by atoms with Crippen LogP contribution in [0.2, 0.25) is 0 Å². The smallest absolute Gasteiger partial charge is 0.261 e. The summed E-state index contributed by atoms with van der Waals surface area (Å²) >= 11 is 3.37. The van der Waals surface area contributed by atoms with Gasteiger partial charge in [-0.25, -0.2) is 4.98 Å². The van der Waals surface area contributed by atoms with Gasteiger partial charge in [0.05, 0.1) is 35.7 Å². The Morgan fingerprint density at radius 1 is 1.14 bits per heavy atom. The lowest BCUT2D eigenvalue weighted by Crippen LogP contribution is -2.23. The van der Waals surface area contributed by atoms with Crippen LogP contribution in [-0.2, 0) is 17.9 Å². The van der Waals surface area contributed by atoms with Crippen LogP contribution in [0.5, 0.6) is 0 Å². The van der Waals surface area contributed by atoms with Crippen LogP contribution in [0, 0.1) is 0 Å². The number of aryl methyl sites for hydroxylation is 1. The molecule has 0 saturated carbocycles. The molecule has 29 heavy (non-hydrogen) atoms. The van der Waals surface area contributed by atoms with E-state index < -0.39 is 0 Å². The van der Waals surface area contributed by atoms with Crippen molar-refractivity contribution in [2.45, 2.75) is 19.5 Å². The molecule has 146 valence electrons. The summed E-state index contributed by atoms with van der Waals surface area (Å²) in [6, 6.07) is 15.3. The molecule has 0 aliphatic rings. The number of benzene rings is 2. The number of aromatic nitrogens is 4. The van der Waals surface area contributed by atoms with Gasteiger partial charge in [0.1, 0.15) is 0 Å². The maximum Gasteiger partial charge on any atom is 0.261 e. The molecule has 0 spiro atoms. The summed E-state index contributed by atoms with van der Waals surface area (Å²) in [5.74, 6) is -0.189. The fraction of sp³-hybridized carbons (Fsp3) is 0.143. The van der Waals surface area contributed by atoms with Crippen molar-refractivity contribution in [3.05, 3.63) is 87.6 Å². The average molecular weight is 452 g/mol. The van der Waals surface area contributed by atoms with Crippen molar-refractivity contribution < 1.29 is 4.79 Å². The van der Waals surface area contributed by atoms with Gasteiger partial charge in [-0.2, -0.15) is 5.10 Å². The summed E-state index contributed by atoms with van der Waals surface area (Å²) in [7, 11) is 0. The van der Waals surface area contributed by atoms with E-state index in [2.05, 4.69) is 31.3 Å². The molecule has 0 aliphatic carbocycles. The third kappa shape index (κ3) is 4.60. The van der Waals surface area contributed by atoms with E-state index in [4.69, 9.17) is 0 Å². The minimum absolute atomic E-state index is 0.158. The molecule has 8 heteroatoms. The van der Waals surface area contributed by atoms with Gasteiger partial charge in [-0.15, -0.1) is 0 Å². The van der Waals surface area contributed by atoms with E-state index in [0.717, 1.165) is 10.0 Å². The molecule has 4 rings (SSSR count). The zero-order chi connectivity index (χ0) is 20.2. The summed E-state index contributed by atoms with van der Waals surface area (Å²) < 4.78 is 4.03. The number of hydrogen-bond donors (Lipinski definition) is 1. The van der Waals surface area contributed by atoms with Crippen LogP contribution in [0.25, 0.3) is 10.9 Å². The fourth-order valence-corrected chi connectivity index (χ4v) is 3.38. The van der Waals surface area contributed by atoms with E-state index in [1.807, 2.05) is 36.4 Å². The molecule has 0 bridgehead atoms. The number of amides is 1. The van der Waals surface area contributed by atoms with Crippen molar-refractivity contribution in [3.8, 4) is 0 Å². The topological polar surface area (TPSA) is 81.8 Å². The Bertz CT molecular complexity index is 1220. The first-order valence-electron chi connectivity index (χ1n) is 9.09. The Morgan fingerprint density at radius 3 is 2.79 bits per heavy atom. The van der Waals surface area contributed by atoms with E-state index in [0.29, 0.717) is 23.1 Å². The zero-order valence-electron chi connectivity index (χ0n) is 15.5. The monoisotopic (exact) mass is 451 g/mol. The van der Waals surface area contributed by atoms with E-state index in [-0.39, 0.29) is 24.4 Å². The van der Waals surface area contributed by atoms with E-state index >= 15 is 0 Å². The number of rotatable bonds is 6. The zero-order valence-corrected chi connectivity index (χ0v) is 17.0. The largest absolute Gasteiger partial charge is 0.323 e. The Kier molecular flexibility index (Phi) is 5.53. The molecular weight excluding hydrogens is 434 g/mol. The maximum atomic E-state index is 12.6. The third-order valence-corrected chi connectivity index (χ3v) is 4.96. The van der Waals surface area contributed by atoms with Crippen LogP contribution in [0.4, 0.5) is 5.69 Å². The van der Waals surface area contributed by atoms with Crippen molar-refractivity contribution in [2.24, 2.45) is 0 Å². The van der Waals surface area contributed by atoms with Gasteiger partial charge in [-0.1, -0.05) is 46.3 Å². The molecule has 4 aromatic rings. The average Bonchev–Trinajstić information content (AvgIpc) is 3.15. The molecule has 2 aromatic carbocycles. The van der Waals surface area contributed by atoms with Gasteiger partial charge in [0.15, 0.2) is 0 Å². The summed E-state index contributed by atoms with van der Waals surface area (Å²) in [5, 5.41) is 7.61. The highest BCUT2D eigenvalue weighted by molar-refractivity contribution is 9.10. The first-order chi connectivity index (χ1) is 14.1. The first-order valence-corrected chi connectivity index (χ1v) is 9.89. The lowest BCUT2D eigenvalue weighted by atomic mass is 10.2. The normalized spacial score (nSPS) is 10.9. The third-order valence-electron chi connectivity index (χ3n) is 4.47. The van der Waals surface area contributed by atoms with Crippen LogP contribution < -0.4 is 10.9 Å². The lowest BCUT2D eigenvalue weighted by molar-refractivity contribution is -0.116. The SMILES string of the molecule is O=C(CCn1cnc2ccc(Br)cc2c1=O)Nc1cnn(Cc2ccccc2)c1. The highest BCUT2D eigenvalue weighted by atomic mass is 79.9. The second kappa shape index (κ2) is 8.40. The van der Waals surface area contributed by atoms with Crippen molar-refractivity contribution in [1.29, 1.82) is 0 Å². The highest BCUT2D eigenvalue weighted by Crippen LogP contribution is 2.15. The molecule has 2 heterocycles. The van der Waals surface area contributed by atoms with Crippen molar-refractivity contribution in [1.82, 2.24) is 19.3 Å². The molecule has 7 nitrogen and oxygen atoms in total. The van der Waals surface area contributed by atoms with Gasteiger partial charge in [0.25, 0.3) is 5.56 Å². The fourth-order valence-electron chi connectivity index (χ4n) is 3.02. The number of carbonyl (C=O) groups is 1. The molecule has 2 aromatic heterocycles. The summed E-state index contributed by atoms with van der Waals surface area (Å²) in [6.07, 6.45) is 5.03. The number of carbonyl (C=O) groups excluding carboxylic acids is 1. The molecular formula is C21H18BrN5O2. The molecule has 0 saturated heterocycles. The minimum atomic E-state index is -0.189. The Hall–Kier alpha value is -3.26. The lowest BCUT2D eigenvalue weighted by Gasteiger charge is -2.07. The number of anilines is 1. The Morgan fingerprint density at radius 2 is 1.97 bits per heavy atom.